The van der Waals surface area contributed by atoms with E-state index < -0.39 is 29.6 Å². The van der Waals surface area contributed by atoms with Crippen LogP contribution in [0, 0.1) is 30.6 Å². The summed E-state index contributed by atoms with van der Waals surface area (Å²) >= 11 is 6.26. The Morgan fingerprint density at radius 1 is 1.12 bits per heavy atom. The maximum absolute atomic E-state index is 14.5. The third-order valence-corrected chi connectivity index (χ3v) is 10.6. The number of ether oxygens (including phenoxy) is 1. The molecule has 3 amide bonds. The van der Waals surface area contributed by atoms with Crippen LogP contribution in [0.3, 0.4) is 0 Å². The Balaban J connectivity index is 1.30. The zero-order chi connectivity index (χ0) is 30.5. The number of fused-ring (bicyclic) bond motifs is 1. The predicted octanol–water partition coefficient (Wildman–Crippen LogP) is 5.70. The first-order chi connectivity index (χ1) is 20.6. The van der Waals surface area contributed by atoms with Crippen molar-refractivity contribution >= 4 is 35.0 Å². The first kappa shape index (κ1) is 29.9. The minimum absolute atomic E-state index is 0.0380. The minimum Gasteiger partial charge on any atom is -0.359 e. The van der Waals surface area contributed by atoms with Gasteiger partial charge in [-0.2, -0.15) is 0 Å². The summed E-state index contributed by atoms with van der Waals surface area (Å²) in [5, 5.41) is 6.85. The molecule has 6 rings (SSSR count). The van der Waals surface area contributed by atoms with Crippen molar-refractivity contribution in [3.63, 3.8) is 0 Å². The van der Waals surface area contributed by atoms with Gasteiger partial charge >= 0.3 is 0 Å². The lowest BCUT2D eigenvalue weighted by Crippen LogP contribution is -2.59. The zero-order valence-electron chi connectivity index (χ0n) is 25.4. The summed E-state index contributed by atoms with van der Waals surface area (Å²) < 4.78 is 6.57. The van der Waals surface area contributed by atoms with Crippen molar-refractivity contribution in [2.45, 2.75) is 89.6 Å². The van der Waals surface area contributed by atoms with Crippen molar-refractivity contribution in [1.82, 2.24) is 10.2 Å². The number of likely N-dealkylation sites (tertiary alicyclic amines) is 1. The van der Waals surface area contributed by atoms with Crippen LogP contribution in [-0.4, -0.2) is 52.5 Å². The smallest absolute Gasteiger partial charge is 0.246 e. The van der Waals surface area contributed by atoms with Gasteiger partial charge in [0.2, 0.25) is 17.7 Å². The molecule has 2 aromatic rings. The quantitative estimate of drug-likeness (QED) is 0.379. The molecule has 0 radical (unpaired) electrons. The number of carbonyl (C=O) groups is 3. The largest absolute Gasteiger partial charge is 0.359 e. The Labute approximate surface area is 259 Å². The van der Waals surface area contributed by atoms with Gasteiger partial charge in [0.05, 0.1) is 17.9 Å². The van der Waals surface area contributed by atoms with Gasteiger partial charge in [0.1, 0.15) is 11.6 Å². The third-order valence-electron chi connectivity index (χ3n) is 10.4. The molecular weight excluding hydrogens is 562 g/mol. The summed E-state index contributed by atoms with van der Waals surface area (Å²) in [7, 11) is 0. The highest BCUT2D eigenvalue weighted by atomic mass is 35.5. The molecule has 7 nitrogen and oxygen atoms in total. The molecule has 8 heteroatoms. The molecule has 9 atom stereocenters. The molecule has 4 aliphatic rings. The van der Waals surface area contributed by atoms with Gasteiger partial charge in [-0.15, -0.1) is 0 Å². The highest BCUT2D eigenvalue weighted by Gasteiger charge is 2.73. The van der Waals surface area contributed by atoms with Crippen molar-refractivity contribution in [2.75, 3.05) is 5.32 Å². The van der Waals surface area contributed by atoms with Gasteiger partial charge in [-0.3, -0.25) is 14.4 Å². The van der Waals surface area contributed by atoms with Gasteiger partial charge in [0.25, 0.3) is 0 Å². The highest BCUT2D eigenvalue weighted by molar-refractivity contribution is 6.31. The molecule has 0 aromatic heterocycles. The Bertz CT molecular complexity index is 1410. The average Bonchev–Trinajstić information content (AvgIpc) is 3.61. The van der Waals surface area contributed by atoms with E-state index in [1.807, 2.05) is 56.3 Å². The monoisotopic (exact) mass is 603 g/mol. The van der Waals surface area contributed by atoms with Crippen LogP contribution in [0.4, 0.5) is 5.69 Å². The highest BCUT2D eigenvalue weighted by Crippen LogP contribution is 2.56. The van der Waals surface area contributed by atoms with Crippen LogP contribution in [0.5, 0.6) is 0 Å². The van der Waals surface area contributed by atoms with Crippen LogP contribution in [0.2, 0.25) is 5.02 Å². The Morgan fingerprint density at radius 3 is 2.63 bits per heavy atom. The summed E-state index contributed by atoms with van der Waals surface area (Å²) in [6.07, 6.45) is 7.75. The predicted molar refractivity (Wildman–Crippen MR) is 168 cm³/mol. The van der Waals surface area contributed by atoms with Crippen molar-refractivity contribution in [3.05, 3.63) is 76.8 Å². The number of carbonyl (C=O) groups excluding carboxylic acids is 3. The van der Waals surface area contributed by atoms with Gasteiger partial charge in [-0.1, -0.05) is 80.8 Å². The number of nitrogens with zero attached hydrogens (tertiary/aromatic N) is 1. The first-order valence-corrected chi connectivity index (χ1v) is 16.1. The average molecular weight is 604 g/mol. The van der Waals surface area contributed by atoms with Crippen LogP contribution >= 0.6 is 11.6 Å². The molecule has 2 N–H and O–H groups in total. The number of aryl methyl sites for hydroxylation is 2. The maximum atomic E-state index is 14.5. The number of hydrogen-bond acceptors (Lipinski definition) is 4. The number of amides is 3. The fourth-order valence-corrected chi connectivity index (χ4v) is 8.21. The van der Waals surface area contributed by atoms with Crippen LogP contribution in [0.1, 0.15) is 57.6 Å². The lowest BCUT2D eigenvalue weighted by Gasteiger charge is -2.39. The molecule has 9 unspecified atom stereocenters. The molecule has 1 aliphatic carbocycles. The zero-order valence-corrected chi connectivity index (χ0v) is 26.1. The molecule has 1 saturated carbocycles. The van der Waals surface area contributed by atoms with E-state index in [0.717, 1.165) is 31.2 Å². The van der Waals surface area contributed by atoms with E-state index in [2.05, 4.69) is 36.6 Å². The second-order valence-corrected chi connectivity index (χ2v) is 13.6. The topological polar surface area (TPSA) is 87.7 Å². The molecular formula is C35H42ClN3O4. The number of halogens is 1. The normalized spacial score (nSPS) is 33.4. The van der Waals surface area contributed by atoms with Crippen molar-refractivity contribution in [1.29, 1.82) is 0 Å². The number of rotatable bonds is 8. The molecule has 2 saturated heterocycles. The Kier molecular flexibility index (Phi) is 8.16. The molecule has 43 heavy (non-hydrogen) atoms. The fraction of sp³-hybridized carbons (Fsp3) is 0.514. The third kappa shape index (κ3) is 5.40. The molecule has 228 valence electrons. The van der Waals surface area contributed by atoms with E-state index in [9.17, 15) is 14.4 Å². The van der Waals surface area contributed by atoms with Crippen molar-refractivity contribution in [3.8, 4) is 0 Å². The lowest BCUT2D eigenvalue weighted by atomic mass is 9.73. The number of nitrogens with one attached hydrogen (secondary N) is 2. The second-order valence-electron chi connectivity index (χ2n) is 13.2. The van der Waals surface area contributed by atoms with Crippen LogP contribution in [0.25, 0.3) is 0 Å². The summed E-state index contributed by atoms with van der Waals surface area (Å²) in [6, 6.07) is 14.5. The van der Waals surface area contributed by atoms with E-state index in [4.69, 9.17) is 16.3 Å². The summed E-state index contributed by atoms with van der Waals surface area (Å²) in [6.45, 7) is 8.35. The van der Waals surface area contributed by atoms with Gasteiger partial charge in [-0.05, 0) is 74.3 Å². The minimum atomic E-state index is -1.19. The molecule has 3 heterocycles. The van der Waals surface area contributed by atoms with Crippen molar-refractivity contribution in [2.24, 2.45) is 23.7 Å². The standard InChI is InChI=1S/C35H42ClN3O4/c1-20-17-25(36)19-26(18-20)37-32(40)29-28-15-16-35(43-28)30(29)34(42)39(22(3)13-14-24-10-6-5-7-11-24)31(35)33(41)38-27-12-8-9-21(2)23(27)4/h5-7,10-11,15-19,21-23,27-31H,8-9,12-14H2,1-4H3,(H,37,40)(H,38,41). The number of benzene rings is 2. The molecule has 2 aromatic carbocycles. The van der Waals surface area contributed by atoms with E-state index in [-0.39, 0.29) is 29.8 Å². The number of anilines is 1. The Hall–Kier alpha value is -3.16. The lowest BCUT2D eigenvalue weighted by molar-refractivity contribution is -0.144. The van der Waals surface area contributed by atoms with Gasteiger partial charge < -0.3 is 20.3 Å². The summed E-state index contributed by atoms with van der Waals surface area (Å²) in [5.74, 6) is -1.39. The van der Waals surface area contributed by atoms with Crippen molar-refractivity contribution < 1.29 is 19.1 Å². The molecule has 2 bridgehead atoms. The van der Waals surface area contributed by atoms with Gasteiger partial charge in [0.15, 0.2) is 0 Å². The SMILES string of the molecule is Cc1cc(Cl)cc(NC(=O)C2C3C=CC4(O3)C2C(=O)N(C(C)CCc2ccccc2)C4C(=O)NC2CCCC(C)C2C)c1. The van der Waals surface area contributed by atoms with Crippen LogP contribution < -0.4 is 10.6 Å². The van der Waals surface area contributed by atoms with E-state index >= 15 is 0 Å². The fourth-order valence-electron chi connectivity index (χ4n) is 7.92. The van der Waals surface area contributed by atoms with E-state index in [0.29, 0.717) is 29.0 Å². The number of hydrogen-bond donors (Lipinski definition) is 2. The molecule has 3 fully saturated rings. The van der Waals surface area contributed by atoms with Crippen LogP contribution in [-0.2, 0) is 25.5 Å². The summed E-state index contributed by atoms with van der Waals surface area (Å²) in [4.78, 5) is 44.4. The van der Waals surface area contributed by atoms with Gasteiger partial charge in [0, 0.05) is 22.8 Å². The van der Waals surface area contributed by atoms with E-state index in [1.165, 1.54) is 5.56 Å². The summed E-state index contributed by atoms with van der Waals surface area (Å²) in [5.41, 5.74) is 1.48. The molecule has 3 aliphatic heterocycles. The molecule has 1 spiro atoms. The van der Waals surface area contributed by atoms with Crippen LogP contribution in [0.15, 0.2) is 60.7 Å². The van der Waals surface area contributed by atoms with Gasteiger partial charge in [-0.25, -0.2) is 0 Å². The first-order valence-electron chi connectivity index (χ1n) is 15.7. The second kappa shape index (κ2) is 11.7. The van der Waals surface area contributed by atoms with E-state index in [1.54, 1.807) is 11.0 Å². The Morgan fingerprint density at radius 2 is 1.88 bits per heavy atom. The maximum Gasteiger partial charge on any atom is 0.246 e.